The summed E-state index contributed by atoms with van der Waals surface area (Å²) in [7, 11) is 0. The molecule has 0 radical (unpaired) electrons. The number of amides is 3. The van der Waals surface area contributed by atoms with E-state index in [2.05, 4.69) is 27.0 Å². The van der Waals surface area contributed by atoms with Crippen LogP contribution in [0.1, 0.15) is 65.9 Å². The van der Waals surface area contributed by atoms with Gasteiger partial charge in [-0.3, -0.25) is 14.4 Å². The zero-order valence-corrected chi connectivity index (χ0v) is 26.7. The molecule has 43 heavy (non-hydrogen) atoms. The number of hydrogen-bond acceptors (Lipinski definition) is 5. The zero-order valence-electron chi connectivity index (χ0n) is 26.7. The van der Waals surface area contributed by atoms with E-state index >= 15 is 0 Å². The molecule has 1 aromatic rings. The Morgan fingerprint density at radius 3 is 2.37 bits per heavy atom. The number of ether oxygens (including phenoxy) is 1. The van der Waals surface area contributed by atoms with Gasteiger partial charge in [0.25, 0.3) is 0 Å². The van der Waals surface area contributed by atoms with Gasteiger partial charge in [-0.2, -0.15) is 0 Å². The van der Waals surface area contributed by atoms with Crippen molar-refractivity contribution in [2.75, 3.05) is 26.2 Å². The summed E-state index contributed by atoms with van der Waals surface area (Å²) in [5.41, 5.74) is -1.10. The second-order valence-corrected chi connectivity index (χ2v) is 13.0. The van der Waals surface area contributed by atoms with Crippen LogP contribution in [0, 0.1) is 23.7 Å². The number of rotatable bonds is 15. The number of hydrogen-bond donors (Lipinski definition) is 1. The third-order valence-corrected chi connectivity index (χ3v) is 10.4. The van der Waals surface area contributed by atoms with Crippen molar-refractivity contribution >= 4 is 17.7 Å². The van der Waals surface area contributed by atoms with Gasteiger partial charge in [-0.1, -0.05) is 83.0 Å². The first-order valence-electron chi connectivity index (χ1n) is 16.0. The smallest absolute Gasteiger partial charge is 0.248 e. The summed E-state index contributed by atoms with van der Waals surface area (Å²) in [5, 5.41) is 10.7. The molecule has 0 aromatic heterocycles. The highest BCUT2D eigenvalue weighted by Crippen LogP contribution is 2.66. The second-order valence-electron chi connectivity index (χ2n) is 13.0. The van der Waals surface area contributed by atoms with Gasteiger partial charge in [0.2, 0.25) is 17.7 Å². The van der Waals surface area contributed by atoms with Crippen molar-refractivity contribution in [2.45, 2.75) is 90.1 Å². The fourth-order valence-electron chi connectivity index (χ4n) is 7.86. The van der Waals surface area contributed by atoms with Gasteiger partial charge in [0, 0.05) is 26.2 Å². The van der Waals surface area contributed by atoms with Crippen LogP contribution in [-0.2, 0) is 25.7 Å². The van der Waals surface area contributed by atoms with Crippen LogP contribution in [-0.4, -0.2) is 87.1 Å². The molecule has 3 aliphatic rings. The summed E-state index contributed by atoms with van der Waals surface area (Å²) in [6.07, 6.45) is 6.36. The van der Waals surface area contributed by atoms with Gasteiger partial charge in [0.15, 0.2) is 0 Å². The number of unbranched alkanes of at least 4 members (excludes halogenated alkanes) is 1. The first-order chi connectivity index (χ1) is 20.6. The van der Waals surface area contributed by atoms with Crippen LogP contribution in [0.4, 0.5) is 0 Å². The molecule has 8 heteroatoms. The van der Waals surface area contributed by atoms with E-state index in [0.717, 1.165) is 24.8 Å². The van der Waals surface area contributed by atoms with Crippen molar-refractivity contribution in [3.05, 3.63) is 61.2 Å². The minimum Gasteiger partial charge on any atom is -0.394 e. The summed E-state index contributed by atoms with van der Waals surface area (Å²) in [4.78, 5) is 49.2. The lowest BCUT2D eigenvalue weighted by Gasteiger charge is -2.41. The van der Waals surface area contributed by atoms with Crippen molar-refractivity contribution in [1.29, 1.82) is 0 Å². The molecule has 1 N–H and O–H groups in total. The van der Waals surface area contributed by atoms with Gasteiger partial charge >= 0.3 is 0 Å². The third-order valence-electron chi connectivity index (χ3n) is 10.4. The van der Waals surface area contributed by atoms with Crippen molar-refractivity contribution in [3.63, 3.8) is 0 Å². The van der Waals surface area contributed by atoms with E-state index in [1.165, 1.54) is 0 Å². The molecule has 8 nitrogen and oxygen atoms in total. The van der Waals surface area contributed by atoms with E-state index in [9.17, 15) is 19.5 Å². The SMILES string of the molecule is C=CCN(CCCC)C(=O)C1N([C@@H](CO)[C@@H](C)CC)C(=O)[C@@H]2[C@H](C(=O)N(CC=C)Cc3ccccc3)[C@@]3(C)OC12CC3C. The molecule has 3 heterocycles. The number of nitrogens with zero attached hydrogens (tertiary/aromatic N) is 3. The maximum absolute atomic E-state index is 14.8. The van der Waals surface area contributed by atoms with Gasteiger partial charge in [0.1, 0.15) is 11.6 Å². The van der Waals surface area contributed by atoms with E-state index in [-0.39, 0.29) is 36.2 Å². The number of aliphatic hydroxyl groups is 1. The molecule has 0 aliphatic carbocycles. The van der Waals surface area contributed by atoms with Gasteiger partial charge in [-0.15, -0.1) is 13.2 Å². The molecule has 0 saturated carbocycles. The maximum atomic E-state index is 14.8. The number of aliphatic hydroxyl groups excluding tert-OH is 1. The second kappa shape index (κ2) is 13.3. The molecule has 1 spiro atoms. The first-order valence-corrected chi connectivity index (χ1v) is 16.0. The zero-order chi connectivity index (χ0) is 31.5. The highest BCUT2D eigenvalue weighted by atomic mass is 16.5. The molecule has 3 saturated heterocycles. The normalized spacial score (nSPS) is 30.6. The van der Waals surface area contributed by atoms with E-state index in [1.807, 2.05) is 51.1 Å². The molecule has 3 aliphatic heterocycles. The topological polar surface area (TPSA) is 90.4 Å². The monoisotopic (exact) mass is 593 g/mol. The highest BCUT2D eigenvalue weighted by molar-refractivity contribution is 5.99. The van der Waals surface area contributed by atoms with Crippen LogP contribution in [0.5, 0.6) is 0 Å². The van der Waals surface area contributed by atoms with Crippen LogP contribution < -0.4 is 0 Å². The van der Waals surface area contributed by atoms with Gasteiger partial charge in [0.05, 0.1) is 30.1 Å². The Morgan fingerprint density at radius 2 is 1.79 bits per heavy atom. The van der Waals surface area contributed by atoms with E-state index in [4.69, 9.17) is 4.74 Å². The Labute approximate surface area is 257 Å². The largest absolute Gasteiger partial charge is 0.394 e. The number of benzene rings is 1. The van der Waals surface area contributed by atoms with Crippen molar-refractivity contribution in [3.8, 4) is 0 Å². The predicted molar refractivity (Wildman–Crippen MR) is 168 cm³/mol. The molecular weight excluding hydrogens is 542 g/mol. The van der Waals surface area contributed by atoms with Crippen LogP contribution in [0.2, 0.25) is 0 Å². The Morgan fingerprint density at radius 1 is 1.14 bits per heavy atom. The first kappa shape index (κ1) is 32.9. The van der Waals surface area contributed by atoms with Crippen LogP contribution in [0.15, 0.2) is 55.6 Å². The number of carbonyl (C=O) groups is 3. The summed E-state index contributed by atoms with van der Waals surface area (Å²) < 4.78 is 6.98. The van der Waals surface area contributed by atoms with Gasteiger partial charge < -0.3 is 24.5 Å². The minimum absolute atomic E-state index is 0.0577. The lowest BCUT2D eigenvalue weighted by molar-refractivity contribution is -0.159. The molecule has 3 unspecified atom stereocenters. The third kappa shape index (κ3) is 5.57. The molecule has 4 rings (SSSR count). The maximum Gasteiger partial charge on any atom is 0.248 e. The van der Waals surface area contributed by atoms with Crippen molar-refractivity contribution < 1.29 is 24.2 Å². The number of likely N-dealkylation sites (tertiary alicyclic amines) is 1. The lowest BCUT2D eigenvalue weighted by atomic mass is 9.62. The molecule has 2 bridgehead atoms. The van der Waals surface area contributed by atoms with Crippen molar-refractivity contribution in [2.24, 2.45) is 23.7 Å². The average Bonchev–Trinajstić information content (AvgIpc) is 3.51. The lowest BCUT2D eigenvalue weighted by Crippen LogP contribution is -2.60. The standard InChI is InChI=1S/C35H51N3O5/c1-8-12-20-36(18-9-2)33(42)30-35-21-25(6)34(7,43-35)28(29(35)32(41)38(30)27(23-39)24(5)11-4)31(40)37(19-10-3)22-26-16-14-13-15-17-26/h9-10,13-17,24-25,27-30,39H,2-3,8,11-12,18-23H2,1,4-7H3/t24-,25?,27-,28+,29-,30?,34-,35?/m0/s1. The predicted octanol–water partition coefficient (Wildman–Crippen LogP) is 4.43. The fourth-order valence-corrected chi connectivity index (χ4v) is 7.86. The Balaban J connectivity index is 1.84. The Hall–Kier alpha value is -2.97. The van der Waals surface area contributed by atoms with Crippen LogP contribution in [0.25, 0.3) is 0 Å². The van der Waals surface area contributed by atoms with Crippen LogP contribution >= 0.6 is 0 Å². The summed E-state index contributed by atoms with van der Waals surface area (Å²) >= 11 is 0. The Bertz CT molecular complexity index is 1190. The summed E-state index contributed by atoms with van der Waals surface area (Å²) in [6.45, 7) is 19.2. The molecule has 8 atom stereocenters. The van der Waals surface area contributed by atoms with Crippen LogP contribution in [0.3, 0.4) is 0 Å². The van der Waals surface area contributed by atoms with E-state index in [1.54, 1.807) is 26.9 Å². The molecule has 3 fully saturated rings. The minimum atomic E-state index is -1.16. The fraction of sp³-hybridized carbons (Fsp3) is 0.629. The number of carbonyl (C=O) groups excluding carboxylic acids is 3. The highest BCUT2D eigenvalue weighted by Gasteiger charge is 2.80. The van der Waals surface area contributed by atoms with Gasteiger partial charge in [-0.25, -0.2) is 0 Å². The Kier molecular flexibility index (Phi) is 10.2. The quantitative estimate of drug-likeness (QED) is 0.304. The van der Waals surface area contributed by atoms with Gasteiger partial charge in [-0.05, 0) is 37.2 Å². The summed E-state index contributed by atoms with van der Waals surface area (Å²) in [5.74, 6) is -2.34. The molecule has 1 aromatic carbocycles. The molecular formula is C35H51N3O5. The number of fused-ring (bicyclic) bond motifs is 1. The molecule has 236 valence electrons. The molecule has 3 amide bonds. The average molecular weight is 594 g/mol. The van der Waals surface area contributed by atoms with Crippen molar-refractivity contribution in [1.82, 2.24) is 14.7 Å². The summed E-state index contributed by atoms with van der Waals surface area (Å²) in [6, 6.07) is 8.27. The van der Waals surface area contributed by atoms with E-state index in [0.29, 0.717) is 32.6 Å². The van der Waals surface area contributed by atoms with E-state index < -0.39 is 35.1 Å².